The Kier molecular flexibility index (Phi) is 4.39. The fourth-order valence-electron chi connectivity index (χ4n) is 2.17. The minimum Gasteiger partial charge on any atom is -0.289 e. The van der Waals surface area contributed by atoms with Gasteiger partial charge >= 0.3 is 0 Å². The van der Waals surface area contributed by atoms with Gasteiger partial charge in [0.05, 0.1) is 0 Å². The summed E-state index contributed by atoms with van der Waals surface area (Å²) in [6.07, 6.45) is 2.07. The first-order valence-corrected chi connectivity index (χ1v) is 6.90. The maximum Gasteiger partial charge on any atom is 0.193 e. The van der Waals surface area contributed by atoms with E-state index in [0.29, 0.717) is 10.6 Å². The Morgan fingerprint density at radius 3 is 2.63 bits per heavy atom. The first kappa shape index (κ1) is 13.8. The minimum absolute atomic E-state index is 0.0398. The number of halogens is 1. The number of hydrogen-bond acceptors (Lipinski definition) is 1. The Bertz CT molecular complexity index is 602. The largest absolute Gasteiger partial charge is 0.289 e. The molecule has 0 saturated carbocycles. The summed E-state index contributed by atoms with van der Waals surface area (Å²) in [5.41, 5.74) is 3.46. The van der Waals surface area contributed by atoms with Gasteiger partial charge in [-0.1, -0.05) is 55.3 Å². The van der Waals surface area contributed by atoms with Crippen LogP contribution in [-0.2, 0) is 6.42 Å². The topological polar surface area (TPSA) is 17.1 Å². The van der Waals surface area contributed by atoms with Gasteiger partial charge < -0.3 is 0 Å². The molecule has 0 fully saturated rings. The van der Waals surface area contributed by atoms with Crippen LogP contribution in [0.3, 0.4) is 0 Å². The molecule has 0 heterocycles. The average Bonchev–Trinajstić information content (AvgIpc) is 2.42. The molecule has 2 rings (SSSR count). The Morgan fingerprint density at radius 1 is 1.16 bits per heavy atom. The lowest BCUT2D eigenvalue weighted by Gasteiger charge is -2.08. The predicted octanol–water partition coefficient (Wildman–Crippen LogP) is 4.83. The van der Waals surface area contributed by atoms with E-state index >= 15 is 0 Å². The molecule has 0 N–H and O–H groups in total. The lowest BCUT2D eigenvalue weighted by atomic mass is 9.97. The van der Waals surface area contributed by atoms with Crippen molar-refractivity contribution in [1.29, 1.82) is 0 Å². The Morgan fingerprint density at radius 2 is 1.89 bits per heavy atom. The van der Waals surface area contributed by atoms with E-state index in [0.717, 1.165) is 24.0 Å². The van der Waals surface area contributed by atoms with Gasteiger partial charge in [-0.3, -0.25) is 4.79 Å². The number of ketones is 1. The molecule has 98 valence electrons. The lowest BCUT2D eigenvalue weighted by Crippen LogP contribution is -2.04. The molecule has 2 aromatic rings. The molecule has 2 heteroatoms. The van der Waals surface area contributed by atoms with Crippen molar-refractivity contribution in [3.8, 4) is 0 Å². The highest BCUT2D eigenvalue weighted by atomic mass is 35.5. The molecule has 0 aliphatic carbocycles. The molecule has 2 aromatic carbocycles. The molecule has 0 unspecified atom stereocenters. The SMILES string of the molecule is CCCc1cccc(C(=O)c2cccc(Cl)c2C)c1. The summed E-state index contributed by atoms with van der Waals surface area (Å²) in [6, 6.07) is 13.3. The molecule has 0 saturated heterocycles. The molecule has 0 atom stereocenters. The van der Waals surface area contributed by atoms with Crippen LogP contribution in [0, 0.1) is 6.92 Å². The minimum atomic E-state index is 0.0398. The van der Waals surface area contributed by atoms with Crippen molar-refractivity contribution in [3.05, 3.63) is 69.7 Å². The number of rotatable bonds is 4. The van der Waals surface area contributed by atoms with Crippen LogP contribution in [0.4, 0.5) is 0 Å². The van der Waals surface area contributed by atoms with Crippen molar-refractivity contribution in [2.45, 2.75) is 26.7 Å². The van der Waals surface area contributed by atoms with Gasteiger partial charge in [0.25, 0.3) is 0 Å². The molecular weight excluding hydrogens is 256 g/mol. The monoisotopic (exact) mass is 272 g/mol. The Balaban J connectivity index is 2.38. The second kappa shape index (κ2) is 6.03. The van der Waals surface area contributed by atoms with Gasteiger partial charge in [-0.25, -0.2) is 0 Å². The van der Waals surface area contributed by atoms with Crippen molar-refractivity contribution in [3.63, 3.8) is 0 Å². The number of benzene rings is 2. The van der Waals surface area contributed by atoms with Crippen LogP contribution in [0.25, 0.3) is 0 Å². The van der Waals surface area contributed by atoms with Crippen molar-refractivity contribution in [1.82, 2.24) is 0 Å². The Labute approximate surface area is 119 Å². The number of carbonyl (C=O) groups is 1. The molecule has 0 aromatic heterocycles. The maximum atomic E-state index is 12.5. The highest BCUT2D eigenvalue weighted by Crippen LogP contribution is 2.22. The van der Waals surface area contributed by atoms with E-state index in [9.17, 15) is 4.79 Å². The van der Waals surface area contributed by atoms with Crippen LogP contribution in [0.15, 0.2) is 42.5 Å². The van der Waals surface area contributed by atoms with E-state index in [4.69, 9.17) is 11.6 Å². The summed E-state index contributed by atoms with van der Waals surface area (Å²) in [5, 5.41) is 0.635. The predicted molar refractivity (Wildman–Crippen MR) is 80.1 cm³/mol. The van der Waals surface area contributed by atoms with Crippen LogP contribution < -0.4 is 0 Å². The third-order valence-corrected chi connectivity index (χ3v) is 3.65. The summed E-state index contributed by atoms with van der Waals surface area (Å²) in [6.45, 7) is 4.01. The van der Waals surface area contributed by atoms with E-state index in [1.807, 2.05) is 37.3 Å². The highest BCUT2D eigenvalue weighted by molar-refractivity contribution is 6.32. The van der Waals surface area contributed by atoms with Crippen LogP contribution in [0.1, 0.15) is 40.4 Å². The molecule has 0 aliphatic heterocycles. The smallest absolute Gasteiger partial charge is 0.193 e. The maximum absolute atomic E-state index is 12.5. The van der Waals surface area contributed by atoms with Gasteiger partial charge in [0.2, 0.25) is 0 Å². The zero-order valence-electron chi connectivity index (χ0n) is 11.2. The molecule has 0 bridgehead atoms. The van der Waals surface area contributed by atoms with E-state index in [1.165, 1.54) is 5.56 Å². The first-order chi connectivity index (χ1) is 9.13. The van der Waals surface area contributed by atoms with Crippen LogP contribution in [0.2, 0.25) is 5.02 Å². The summed E-state index contributed by atoms with van der Waals surface area (Å²) < 4.78 is 0. The van der Waals surface area contributed by atoms with Gasteiger partial charge in [0.15, 0.2) is 5.78 Å². The second-order valence-electron chi connectivity index (χ2n) is 4.69. The standard InChI is InChI=1S/C17H17ClO/c1-3-6-13-7-4-8-14(11-13)17(19)15-9-5-10-16(18)12(15)2/h4-5,7-11H,3,6H2,1-2H3. The van der Waals surface area contributed by atoms with E-state index < -0.39 is 0 Å². The number of hydrogen-bond donors (Lipinski definition) is 0. The van der Waals surface area contributed by atoms with Crippen LogP contribution in [0.5, 0.6) is 0 Å². The summed E-state index contributed by atoms with van der Waals surface area (Å²) in [7, 11) is 0. The van der Waals surface area contributed by atoms with Gasteiger partial charge in [-0.2, -0.15) is 0 Å². The summed E-state index contributed by atoms with van der Waals surface area (Å²) >= 11 is 6.07. The zero-order valence-corrected chi connectivity index (χ0v) is 12.0. The van der Waals surface area contributed by atoms with Gasteiger partial charge in [0.1, 0.15) is 0 Å². The summed E-state index contributed by atoms with van der Waals surface area (Å²) in [5.74, 6) is 0.0398. The molecular formula is C17H17ClO. The number of carbonyl (C=O) groups excluding carboxylic acids is 1. The third-order valence-electron chi connectivity index (χ3n) is 3.24. The van der Waals surface area contributed by atoms with Gasteiger partial charge in [-0.15, -0.1) is 0 Å². The zero-order chi connectivity index (χ0) is 13.8. The number of aryl methyl sites for hydroxylation is 1. The van der Waals surface area contributed by atoms with Crippen molar-refractivity contribution >= 4 is 17.4 Å². The van der Waals surface area contributed by atoms with Crippen LogP contribution in [-0.4, -0.2) is 5.78 Å². The molecule has 0 amide bonds. The normalized spacial score (nSPS) is 10.5. The Hall–Kier alpha value is -1.60. The third kappa shape index (κ3) is 3.05. The molecule has 0 radical (unpaired) electrons. The fourth-order valence-corrected chi connectivity index (χ4v) is 2.34. The van der Waals surface area contributed by atoms with Crippen LogP contribution >= 0.6 is 11.6 Å². The molecule has 19 heavy (non-hydrogen) atoms. The van der Waals surface area contributed by atoms with E-state index in [-0.39, 0.29) is 5.78 Å². The van der Waals surface area contributed by atoms with Gasteiger partial charge in [0, 0.05) is 16.1 Å². The second-order valence-corrected chi connectivity index (χ2v) is 5.10. The molecule has 0 aliphatic rings. The van der Waals surface area contributed by atoms with E-state index in [2.05, 4.69) is 13.0 Å². The van der Waals surface area contributed by atoms with E-state index in [1.54, 1.807) is 6.07 Å². The van der Waals surface area contributed by atoms with Crippen molar-refractivity contribution < 1.29 is 4.79 Å². The van der Waals surface area contributed by atoms with Gasteiger partial charge in [-0.05, 0) is 36.6 Å². The lowest BCUT2D eigenvalue weighted by molar-refractivity contribution is 0.103. The molecule has 0 spiro atoms. The van der Waals surface area contributed by atoms with Crippen molar-refractivity contribution in [2.24, 2.45) is 0 Å². The first-order valence-electron chi connectivity index (χ1n) is 6.52. The molecule has 1 nitrogen and oxygen atoms in total. The quantitative estimate of drug-likeness (QED) is 0.729. The average molecular weight is 273 g/mol. The highest BCUT2D eigenvalue weighted by Gasteiger charge is 2.13. The van der Waals surface area contributed by atoms with Crippen molar-refractivity contribution in [2.75, 3.05) is 0 Å². The summed E-state index contributed by atoms with van der Waals surface area (Å²) in [4.78, 5) is 12.5. The fraction of sp³-hybridized carbons (Fsp3) is 0.235.